The van der Waals surface area contributed by atoms with Gasteiger partial charge in [-0.25, -0.2) is 0 Å². The molecule has 0 aliphatic carbocycles. The van der Waals surface area contributed by atoms with E-state index in [0.29, 0.717) is 0 Å². The summed E-state index contributed by atoms with van der Waals surface area (Å²) in [5.74, 6) is 0. The fraction of sp³-hybridized carbons (Fsp3) is 0.667. The predicted molar refractivity (Wildman–Crippen MR) is 54.3 cm³/mol. The first-order chi connectivity index (χ1) is 5.79. The zero-order valence-corrected chi connectivity index (χ0v) is 11.6. The van der Waals surface area contributed by atoms with Crippen LogP contribution in [0.1, 0.15) is 20.8 Å². The summed E-state index contributed by atoms with van der Waals surface area (Å²) in [6.07, 6.45) is 4.44. The second-order valence-electron chi connectivity index (χ2n) is 2.78. The molecule has 0 spiro atoms. The SMILES string of the molecule is CC[N](/C=C\C=O)[In]([CH2]C)[CH2]C. The van der Waals surface area contributed by atoms with Crippen molar-refractivity contribution < 1.29 is 4.79 Å². The van der Waals surface area contributed by atoms with Gasteiger partial charge in [0.2, 0.25) is 0 Å². The van der Waals surface area contributed by atoms with Crippen LogP contribution in [0, 0.1) is 0 Å². The molecular formula is C9H18InNO. The number of allylic oxidation sites excluding steroid dienone is 1. The molecule has 0 aromatic heterocycles. The third kappa shape index (κ3) is 4.19. The van der Waals surface area contributed by atoms with Gasteiger partial charge in [-0.3, -0.25) is 0 Å². The zero-order chi connectivity index (χ0) is 9.40. The minimum atomic E-state index is -1.43. The molecule has 0 aromatic rings. The second kappa shape index (κ2) is 7.71. The van der Waals surface area contributed by atoms with Crippen molar-refractivity contribution in [1.29, 1.82) is 0 Å². The van der Waals surface area contributed by atoms with Crippen LogP contribution in [0.5, 0.6) is 0 Å². The summed E-state index contributed by atoms with van der Waals surface area (Å²) in [6, 6.07) is 0. The fourth-order valence-corrected chi connectivity index (χ4v) is 8.17. The summed E-state index contributed by atoms with van der Waals surface area (Å²) in [5, 5.41) is 0. The van der Waals surface area contributed by atoms with E-state index in [1.807, 2.05) is 6.20 Å². The Hall–Kier alpha value is 0.0801. The van der Waals surface area contributed by atoms with Crippen molar-refractivity contribution in [3.8, 4) is 0 Å². The van der Waals surface area contributed by atoms with E-state index in [0.717, 1.165) is 12.8 Å². The number of carbonyl (C=O) groups excluding carboxylic acids is 1. The number of rotatable bonds is 6. The van der Waals surface area contributed by atoms with Gasteiger partial charge >= 0.3 is 83.6 Å². The van der Waals surface area contributed by atoms with Crippen LogP contribution in [0.3, 0.4) is 0 Å². The van der Waals surface area contributed by atoms with E-state index in [-0.39, 0.29) is 0 Å². The Labute approximate surface area is 83.6 Å². The number of hydrogen-bond donors (Lipinski definition) is 0. The molecule has 0 atom stereocenters. The van der Waals surface area contributed by atoms with E-state index in [1.165, 1.54) is 8.35 Å². The van der Waals surface area contributed by atoms with Crippen LogP contribution in [0.4, 0.5) is 0 Å². The van der Waals surface area contributed by atoms with Crippen LogP contribution < -0.4 is 0 Å². The molecule has 2 nitrogen and oxygen atoms in total. The molecule has 0 aliphatic rings. The summed E-state index contributed by atoms with van der Waals surface area (Å²) in [4.78, 5) is 10.1. The van der Waals surface area contributed by atoms with Crippen molar-refractivity contribution in [2.75, 3.05) is 6.54 Å². The second-order valence-corrected chi connectivity index (χ2v) is 13.1. The summed E-state index contributed by atoms with van der Waals surface area (Å²) < 4.78 is 5.10. The van der Waals surface area contributed by atoms with Gasteiger partial charge < -0.3 is 0 Å². The molecule has 0 fully saturated rings. The summed E-state index contributed by atoms with van der Waals surface area (Å²) in [7, 11) is 0. The number of carbonyl (C=O) groups is 1. The molecular weight excluding hydrogens is 253 g/mol. The number of nitrogens with zero attached hydrogens (tertiary/aromatic N) is 1. The molecule has 0 rings (SSSR count). The van der Waals surface area contributed by atoms with Crippen molar-refractivity contribution in [2.45, 2.75) is 29.1 Å². The summed E-state index contributed by atoms with van der Waals surface area (Å²) in [6.45, 7) is 7.75. The van der Waals surface area contributed by atoms with Crippen LogP contribution >= 0.6 is 0 Å². The molecule has 12 heavy (non-hydrogen) atoms. The molecule has 0 N–H and O–H groups in total. The molecule has 0 amide bonds. The van der Waals surface area contributed by atoms with Crippen LogP contribution in [-0.2, 0) is 4.79 Å². The molecule has 0 saturated carbocycles. The van der Waals surface area contributed by atoms with Crippen LogP contribution in [-0.4, -0.2) is 37.4 Å². The van der Waals surface area contributed by atoms with E-state index in [9.17, 15) is 4.79 Å². The van der Waals surface area contributed by atoms with Crippen molar-refractivity contribution >= 4 is 28.0 Å². The summed E-state index contributed by atoms with van der Waals surface area (Å²) in [5.41, 5.74) is 0. The standard InChI is InChI=1S/C5H9NO.2C2H5.In/c1-2-6-4-3-5-7;2*1-2;/h3-5H,2H2,1H3,(H,6,7);2*1H2,2H3;/q;;;+1/p-1. The van der Waals surface area contributed by atoms with Gasteiger partial charge in [0, 0.05) is 0 Å². The van der Waals surface area contributed by atoms with Gasteiger partial charge in [0.25, 0.3) is 0 Å². The molecule has 0 bridgehead atoms. The monoisotopic (exact) mass is 271 g/mol. The Balaban J connectivity index is 4.09. The first-order valence-corrected chi connectivity index (χ1v) is 10.8. The Morgan fingerprint density at radius 3 is 2.17 bits per heavy atom. The Bertz CT molecular complexity index is 143. The molecule has 0 aliphatic heterocycles. The van der Waals surface area contributed by atoms with Gasteiger partial charge in [-0.05, 0) is 0 Å². The van der Waals surface area contributed by atoms with Gasteiger partial charge in [0.1, 0.15) is 0 Å². The minimum absolute atomic E-state index is 0.858. The normalized spacial score (nSPS) is 10.2. The average Bonchev–Trinajstić information content (AvgIpc) is 2.12. The van der Waals surface area contributed by atoms with Crippen LogP contribution in [0.25, 0.3) is 0 Å². The van der Waals surface area contributed by atoms with Crippen molar-refractivity contribution in [2.24, 2.45) is 0 Å². The van der Waals surface area contributed by atoms with E-state index in [1.54, 1.807) is 6.08 Å². The van der Waals surface area contributed by atoms with E-state index < -0.39 is 21.7 Å². The Morgan fingerprint density at radius 1 is 1.25 bits per heavy atom. The Morgan fingerprint density at radius 2 is 1.83 bits per heavy atom. The molecule has 0 aromatic carbocycles. The molecule has 68 valence electrons. The molecule has 0 unspecified atom stereocenters. The van der Waals surface area contributed by atoms with Gasteiger partial charge in [-0.1, -0.05) is 0 Å². The first kappa shape index (κ1) is 12.1. The van der Waals surface area contributed by atoms with Crippen molar-refractivity contribution in [1.82, 2.24) is 2.89 Å². The quantitative estimate of drug-likeness (QED) is 0.544. The zero-order valence-electron chi connectivity index (χ0n) is 8.29. The molecule has 0 radical (unpaired) electrons. The van der Waals surface area contributed by atoms with Crippen molar-refractivity contribution in [3.05, 3.63) is 12.3 Å². The third-order valence-electron chi connectivity index (χ3n) is 2.13. The van der Waals surface area contributed by atoms with Crippen molar-refractivity contribution in [3.63, 3.8) is 0 Å². The number of aldehydes is 1. The van der Waals surface area contributed by atoms with E-state index in [2.05, 4.69) is 23.7 Å². The molecule has 0 saturated heterocycles. The third-order valence-corrected chi connectivity index (χ3v) is 11.7. The average molecular weight is 271 g/mol. The van der Waals surface area contributed by atoms with Crippen LogP contribution in [0.2, 0.25) is 8.35 Å². The Kier molecular flexibility index (Phi) is 7.77. The fourth-order valence-electron chi connectivity index (χ4n) is 1.39. The predicted octanol–water partition coefficient (Wildman–Crippen LogP) is 2.05. The maximum absolute atomic E-state index is 10.1. The van der Waals surface area contributed by atoms with Crippen LogP contribution in [0.15, 0.2) is 12.3 Å². The van der Waals surface area contributed by atoms with Gasteiger partial charge in [0.05, 0.1) is 0 Å². The number of hydrogen-bond acceptors (Lipinski definition) is 2. The van der Waals surface area contributed by atoms with Gasteiger partial charge in [0.15, 0.2) is 0 Å². The molecule has 0 heterocycles. The van der Waals surface area contributed by atoms with E-state index >= 15 is 0 Å². The summed E-state index contributed by atoms with van der Waals surface area (Å²) >= 11 is -1.43. The first-order valence-electron chi connectivity index (χ1n) is 4.67. The molecule has 3 heteroatoms. The maximum atomic E-state index is 10.1. The topological polar surface area (TPSA) is 20.3 Å². The van der Waals surface area contributed by atoms with E-state index in [4.69, 9.17) is 0 Å². The van der Waals surface area contributed by atoms with Gasteiger partial charge in [-0.2, -0.15) is 0 Å². The van der Waals surface area contributed by atoms with Gasteiger partial charge in [-0.15, -0.1) is 0 Å².